The van der Waals surface area contributed by atoms with Gasteiger partial charge in [-0.1, -0.05) is 36.4 Å². The molecule has 0 radical (unpaired) electrons. The van der Waals surface area contributed by atoms with Gasteiger partial charge in [0.05, 0.1) is 12.0 Å². The Hall–Kier alpha value is -1.61. The number of hydrogen-bond acceptors (Lipinski definition) is 3. The van der Waals surface area contributed by atoms with E-state index in [9.17, 15) is 9.90 Å². The Kier molecular flexibility index (Phi) is 2.79. The Labute approximate surface area is 94.4 Å². The van der Waals surface area contributed by atoms with Crippen LogP contribution in [0.5, 0.6) is 0 Å². The van der Waals surface area contributed by atoms with Gasteiger partial charge in [-0.05, 0) is 12.5 Å². The van der Waals surface area contributed by atoms with Gasteiger partial charge in [0.2, 0.25) is 0 Å². The molecule has 0 aliphatic carbocycles. The van der Waals surface area contributed by atoms with Gasteiger partial charge in [-0.3, -0.25) is 0 Å². The molecule has 1 aliphatic heterocycles. The minimum absolute atomic E-state index is 0.215. The van der Waals surface area contributed by atoms with E-state index in [2.05, 4.69) is 6.58 Å². The maximum Gasteiger partial charge on any atom is 0.333 e. The van der Waals surface area contributed by atoms with Crippen molar-refractivity contribution in [3.63, 3.8) is 0 Å². The summed E-state index contributed by atoms with van der Waals surface area (Å²) in [5, 5.41) is 10.1. The van der Waals surface area contributed by atoms with Crippen LogP contribution < -0.4 is 0 Å². The van der Waals surface area contributed by atoms with E-state index in [1.807, 2.05) is 31.2 Å². The predicted octanol–water partition coefficient (Wildman–Crippen LogP) is 1.76. The van der Waals surface area contributed by atoms with Crippen LogP contribution in [0.3, 0.4) is 0 Å². The topological polar surface area (TPSA) is 46.5 Å². The molecule has 0 saturated carbocycles. The molecule has 0 bridgehead atoms. The summed E-state index contributed by atoms with van der Waals surface area (Å²) in [6.45, 7) is 5.84. The number of benzene rings is 1. The van der Waals surface area contributed by atoms with Gasteiger partial charge >= 0.3 is 5.97 Å². The maximum atomic E-state index is 11.1. The third kappa shape index (κ3) is 1.86. The SMILES string of the molecule is C=C1C(=O)OCC1C(O)c1ccc(C)cc1. The van der Waals surface area contributed by atoms with E-state index in [0.29, 0.717) is 5.57 Å². The lowest BCUT2D eigenvalue weighted by molar-refractivity contribution is -0.135. The van der Waals surface area contributed by atoms with Gasteiger partial charge in [0.1, 0.15) is 6.61 Å². The van der Waals surface area contributed by atoms with Crippen molar-refractivity contribution in [2.24, 2.45) is 5.92 Å². The number of cyclic esters (lactones) is 1. The highest BCUT2D eigenvalue weighted by Gasteiger charge is 2.34. The summed E-state index contributed by atoms with van der Waals surface area (Å²) < 4.78 is 4.85. The second-order valence-electron chi connectivity index (χ2n) is 4.09. The number of aliphatic hydroxyl groups is 1. The molecule has 16 heavy (non-hydrogen) atoms. The lowest BCUT2D eigenvalue weighted by atomic mass is 9.92. The summed E-state index contributed by atoms with van der Waals surface area (Å²) >= 11 is 0. The monoisotopic (exact) mass is 218 g/mol. The Morgan fingerprint density at radius 1 is 1.44 bits per heavy atom. The summed E-state index contributed by atoms with van der Waals surface area (Å²) in [5.41, 5.74) is 2.27. The summed E-state index contributed by atoms with van der Waals surface area (Å²) in [6, 6.07) is 7.57. The van der Waals surface area contributed by atoms with Crippen LogP contribution in [-0.4, -0.2) is 17.7 Å². The van der Waals surface area contributed by atoms with Crippen molar-refractivity contribution in [1.82, 2.24) is 0 Å². The van der Waals surface area contributed by atoms with Gasteiger partial charge in [0.25, 0.3) is 0 Å². The van der Waals surface area contributed by atoms with Gasteiger partial charge < -0.3 is 9.84 Å². The van der Waals surface area contributed by atoms with Crippen LogP contribution in [0.25, 0.3) is 0 Å². The molecular formula is C13H14O3. The fraction of sp³-hybridized carbons (Fsp3) is 0.308. The first kappa shape index (κ1) is 10.9. The molecule has 0 spiro atoms. The quantitative estimate of drug-likeness (QED) is 0.607. The van der Waals surface area contributed by atoms with Crippen LogP contribution in [0, 0.1) is 12.8 Å². The third-order valence-electron chi connectivity index (χ3n) is 2.90. The number of esters is 1. The van der Waals surface area contributed by atoms with Gasteiger partial charge in [-0.25, -0.2) is 4.79 Å². The Morgan fingerprint density at radius 3 is 2.56 bits per heavy atom. The van der Waals surface area contributed by atoms with Crippen LogP contribution >= 0.6 is 0 Å². The van der Waals surface area contributed by atoms with Crippen molar-refractivity contribution in [2.75, 3.05) is 6.61 Å². The molecule has 2 atom stereocenters. The molecule has 1 aromatic rings. The summed E-state index contributed by atoms with van der Waals surface area (Å²) in [5.74, 6) is -0.730. The van der Waals surface area contributed by atoms with Crippen LogP contribution in [0.15, 0.2) is 36.4 Å². The van der Waals surface area contributed by atoms with Crippen molar-refractivity contribution < 1.29 is 14.6 Å². The predicted molar refractivity (Wildman–Crippen MR) is 59.7 cm³/mol. The van der Waals surface area contributed by atoms with Crippen LogP contribution in [0.2, 0.25) is 0 Å². The number of hydrogen-bond donors (Lipinski definition) is 1. The zero-order valence-corrected chi connectivity index (χ0v) is 9.14. The average Bonchev–Trinajstić information content (AvgIpc) is 2.60. The minimum Gasteiger partial charge on any atom is -0.462 e. The summed E-state index contributed by atoms with van der Waals surface area (Å²) in [4.78, 5) is 11.1. The zero-order chi connectivity index (χ0) is 11.7. The molecule has 1 heterocycles. The van der Waals surface area contributed by atoms with Gasteiger partial charge in [0.15, 0.2) is 0 Å². The number of aliphatic hydroxyl groups excluding tert-OH is 1. The largest absolute Gasteiger partial charge is 0.462 e. The van der Waals surface area contributed by atoms with E-state index < -0.39 is 12.1 Å². The first-order chi connectivity index (χ1) is 7.59. The average molecular weight is 218 g/mol. The van der Waals surface area contributed by atoms with E-state index in [0.717, 1.165) is 11.1 Å². The first-order valence-corrected chi connectivity index (χ1v) is 5.20. The molecule has 1 N–H and O–H groups in total. The molecule has 1 aliphatic rings. The number of ether oxygens (including phenoxy) is 1. The van der Waals surface area contributed by atoms with Crippen molar-refractivity contribution in [3.8, 4) is 0 Å². The highest BCUT2D eigenvalue weighted by Crippen LogP contribution is 2.32. The van der Waals surface area contributed by atoms with E-state index >= 15 is 0 Å². The molecule has 3 nitrogen and oxygen atoms in total. The van der Waals surface area contributed by atoms with Crippen molar-refractivity contribution >= 4 is 5.97 Å². The van der Waals surface area contributed by atoms with E-state index in [-0.39, 0.29) is 12.5 Å². The molecule has 84 valence electrons. The van der Waals surface area contributed by atoms with Crippen LogP contribution in [0.1, 0.15) is 17.2 Å². The van der Waals surface area contributed by atoms with Gasteiger partial charge in [-0.15, -0.1) is 0 Å². The molecule has 0 amide bonds. The van der Waals surface area contributed by atoms with E-state index in [1.54, 1.807) is 0 Å². The van der Waals surface area contributed by atoms with Crippen LogP contribution in [-0.2, 0) is 9.53 Å². The Bertz CT molecular complexity index is 419. The summed E-state index contributed by atoms with van der Waals surface area (Å²) in [7, 11) is 0. The minimum atomic E-state index is -0.723. The van der Waals surface area contributed by atoms with E-state index in [1.165, 1.54) is 0 Å². The fourth-order valence-corrected chi connectivity index (χ4v) is 1.79. The third-order valence-corrected chi connectivity index (χ3v) is 2.90. The second-order valence-corrected chi connectivity index (χ2v) is 4.09. The smallest absolute Gasteiger partial charge is 0.333 e. The summed E-state index contributed by atoms with van der Waals surface area (Å²) in [6.07, 6.45) is -0.723. The van der Waals surface area contributed by atoms with Gasteiger partial charge in [0, 0.05) is 5.57 Å². The molecule has 2 unspecified atom stereocenters. The van der Waals surface area contributed by atoms with Crippen molar-refractivity contribution in [2.45, 2.75) is 13.0 Å². The van der Waals surface area contributed by atoms with Crippen LogP contribution in [0.4, 0.5) is 0 Å². The second kappa shape index (κ2) is 4.10. The standard InChI is InChI=1S/C13H14O3/c1-8-3-5-10(6-4-8)12(14)11-7-16-13(15)9(11)2/h3-6,11-12,14H,2,7H2,1H3. The maximum absolute atomic E-state index is 11.1. The molecular weight excluding hydrogens is 204 g/mol. The molecule has 3 heteroatoms. The molecule has 1 saturated heterocycles. The number of aryl methyl sites for hydroxylation is 1. The highest BCUT2D eigenvalue weighted by atomic mass is 16.5. The Balaban J connectivity index is 2.19. The fourth-order valence-electron chi connectivity index (χ4n) is 1.79. The molecule has 2 rings (SSSR count). The highest BCUT2D eigenvalue weighted by molar-refractivity contribution is 5.90. The first-order valence-electron chi connectivity index (χ1n) is 5.20. The lowest BCUT2D eigenvalue weighted by Gasteiger charge is -2.16. The van der Waals surface area contributed by atoms with Gasteiger partial charge in [-0.2, -0.15) is 0 Å². The van der Waals surface area contributed by atoms with Crippen molar-refractivity contribution in [1.29, 1.82) is 0 Å². The van der Waals surface area contributed by atoms with Crippen molar-refractivity contribution in [3.05, 3.63) is 47.5 Å². The molecule has 1 aromatic carbocycles. The Morgan fingerprint density at radius 2 is 2.06 bits per heavy atom. The normalized spacial score (nSPS) is 22.0. The lowest BCUT2D eigenvalue weighted by Crippen LogP contribution is -2.14. The molecule has 0 aromatic heterocycles. The molecule has 1 fully saturated rings. The zero-order valence-electron chi connectivity index (χ0n) is 9.14. The number of rotatable bonds is 2. The number of carbonyl (C=O) groups is 1. The van der Waals surface area contributed by atoms with E-state index in [4.69, 9.17) is 4.74 Å². The number of carbonyl (C=O) groups excluding carboxylic acids is 1.